The molecule has 0 aliphatic heterocycles. The third-order valence-electron chi connectivity index (χ3n) is 2.47. The first-order valence-electron chi connectivity index (χ1n) is 5.40. The minimum absolute atomic E-state index is 0.0771. The summed E-state index contributed by atoms with van der Waals surface area (Å²) in [5.41, 5.74) is 0. The van der Waals surface area contributed by atoms with Gasteiger partial charge >= 0.3 is 5.97 Å². The zero-order chi connectivity index (χ0) is 12.8. The average Bonchev–Trinajstić information content (AvgIpc) is 2.79. The van der Waals surface area contributed by atoms with E-state index in [-0.39, 0.29) is 18.4 Å². The normalized spacial score (nSPS) is 14.0. The van der Waals surface area contributed by atoms with Crippen LogP contribution in [0.2, 0.25) is 0 Å². The molecule has 1 rings (SSSR count). The van der Waals surface area contributed by atoms with Gasteiger partial charge in [-0.05, 0) is 13.3 Å². The van der Waals surface area contributed by atoms with Crippen LogP contribution in [0.3, 0.4) is 0 Å². The lowest BCUT2D eigenvalue weighted by atomic mass is 10.1. The zero-order valence-corrected chi connectivity index (χ0v) is 9.83. The van der Waals surface area contributed by atoms with E-state index in [9.17, 15) is 9.59 Å². The molecule has 2 atom stereocenters. The van der Waals surface area contributed by atoms with Gasteiger partial charge in [-0.2, -0.15) is 5.10 Å². The van der Waals surface area contributed by atoms with Crippen LogP contribution in [0.4, 0.5) is 0 Å². The Morgan fingerprint density at radius 3 is 2.71 bits per heavy atom. The van der Waals surface area contributed by atoms with Gasteiger partial charge in [0, 0.05) is 6.04 Å². The molecule has 17 heavy (non-hydrogen) atoms. The number of hydrogen-bond acceptors (Lipinski definition) is 4. The van der Waals surface area contributed by atoms with Crippen molar-refractivity contribution >= 4 is 11.9 Å². The summed E-state index contributed by atoms with van der Waals surface area (Å²) in [7, 11) is 0. The van der Waals surface area contributed by atoms with Gasteiger partial charge in [0.1, 0.15) is 18.7 Å². The molecule has 1 aromatic rings. The van der Waals surface area contributed by atoms with Crippen LogP contribution >= 0.6 is 0 Å². The van der Waals surface area contributed by atoms with Gasteiger partial charge in [-0.3, -0.25) is 9.59 Å². The highest BCUT2D eigenvalue weighted by Gasteiger charge is 2.20. The number of nitrogens with one attached hydrogen (secondary N) is 1. The Labute approximate surface area is 98.8 Å². The van der Waals surface area contributed by atoms with E-state index in [0.29, 0.717) is 6.42 Å². The first kappa shape index (κ1) is 13.1. The lowest BCUT2D eigenvalue weighted by molar-refractivity contribution is -0.137. The zero-order valence-electron chi connectivity index (χ0n) is 9.83. The van der Waals surface area contributed by atoms with E-state index in [4.69, 9.17) is 5.11 Å². The maximum atomic E-state index is 11.8. The summed E-state index contributed by atoms with van der Waals surface area (Å²) in [6.45, 7) is 3.51. The number of carbonyl (C=O) groups excluding carboxylic acids is 1. The summed E-state index contributed by atoms with van der Waals surface area (Å²) < 4.78 is 1.42. The van der Waals surface area contributed by atoms with Gasteiger partial charge in [-0.1, -0.05) is 6.92 Å². The quantitative estimate of drug-likeness (QED) is 0.740. The van der Waals surface area contributed by atoms with Gasteiger partial charge in [0.25, 0.3) is 0 Å². The Kier molecular flexibility index (Phi) is 4.62. The Bertz CT molecular complexity index is 377. The Balaban J connectivity index is 2.55. The average molecular weight is 240 g/mol. The van der Waals surface area contributed by atoms with Crippen LogP contribution in [0.1, 0.15) is 32.7 Å². The molecule has 1 aromatic heterocycles. The topological polar surface area (TPSA) is 97.1 Å². The van der Waals surface area contributed by atoms with Crippen molar-refractivity contribution in [1.82, 2.24) is 20.1 Å². The lowest BCUT2D eigenvalue weighted by Crippen LogP contribution is -2.39. The summed E-state index contributed by atoms with van der Waals surface area (Å²) in [6.07, 6.45) is 3.29. The highest BCUT2D eigenvalue weighted by Crippen LogP contribution is 2.05. The fourth-order valence-electron chi connectivity index (χ4n) is 1.37. The van der Waals surface area contributed by atoms with E-state index in [1.807, 2.05) is 6.92 Å². The molecule has 7 heteroatoms. The second-order valence-electron chi connectivity index (χ2n) is 3.76. The van der Waals surface area contributed by atoms with Crippen molar-refractivity contribution in [3.05, 3.63) is 12.7 Å². The highest BCUT2D eigenvalue weighted by atomic mass is 16.4. The first-order valence-corrected chi connectivity index (χ1v) is 5.40. The molecular weight excluding hydrogens is 224 g/mol. The van der Waals surface area contributed by atoms with Crippen molar-refractivity contribution in [3.63, 3.8) is 0 Å². The largest absolute Gasteiger partial charge is 0.481 e. The molecule has 2 N–H and O–H groups in total. The second kappa shape index (κ2) is 5.97. The van der Waals surface area contributed by atoms with Crippen molar-refractivity contribution in [1.29, 1.82) is 0 Å². The van der Waals surface area contributed by atoms with Crippen LogP contribution in [0.25, 0.3) is 0 Å². The number of carbonyl (C=O) groups is 2. The van der Waals surface area contributed by atoms with Gasteiger partial charge in [0.05, 0.1) is 6.42 Å². The smallest absolute Gasteiger partial charge is 0.305 e. The molecule has 0 bridgehead atoms. The van der Waals surface area contributed by atoms with Crippen LogP contribution in [0.5, 0.6) is 0 Å². The molecule has 2 unspecified atom stereocenters. The van der Waals surface area contributed by atoms with E-state index in [2.05, 4.69) is 15.4 Å². The number of aliphatic carboxylic acids is 1. The fraction of sp³-hybridized carbons (Fsp3) is 0.600. The third kappa shape index (κ3) is 3.86. The standard InChI is InChI=1S/C10H16N4O3/c1-3-8(4-9(15)16)13-10(17)7(2)14-6-11-5-12-14/h5-8H,3-4H2,1-2H3,(H,13,17)(H,15,16). The molecule has 7 nitrogen and oxygen atoms in total. The summed E-state index contributed by atoms with van der Waals surface area (Å²) in [4.78, 5) is 26.1. The molecular formula is C10H16N4O3. The molecule has 1 heterocycles. The maximum absolute atomic E-state index is 11.8. The third-order valence-corrected chi connectivity index (χ3v) is 2.47. The van der Waals surface area contributed by atoms with Gasteiger partial charge in [-0.25, -0.2) is 9.67 Å². The number of amides is 1. The fourth-order valence-corrected chi connectivity index (χ4v) is 1.37. The molecule has 0 aliphatic carbocycles. The van der Waals surface area contributed by atoms with E-state index in [0.717, 1.165) is 0 Å². The molecule has 0 fully saturated rings. The molecule has 0 radical (unpaired) electrons. The number of nitrogens with zero attached hydrogens (tertiary/aromatic N) is 3. The van der Waals surface area contributed by atoms with Crippen LogP contribution in [0, 0.1) is 0 Å². The molecule has 1 amide bonds. The predicted octanol–water partition coefficient (Wildman–Crippen LogP) is 0.209. The summed E-state index contributed by atoms with van der Waals surface area (Å²) in [6, 6.07) is -0.855. The number of hydrogen-bond donors (Lipinski definition) is 2. The Hall–Kier alpha value is -1.92. The predicted molar refractivity (Wildman–Crippen MR) is 59.2 cm³/mol. The van der Waals surface area contributed by atoms with Crippen molar-refractivity contribution in [2.24, 2.45) is 0 Å². The molecule has 94 valence electrons. The number of carboxylic acid groups (broad SMARTS) is 1. The van der Waals surface area contributed by atoms with Crippen LogP contribution < -0.4 is 5.32 Å². The van der Waals surface area contributed by atoms with Crippen LogP contribution in [0.15, 0.2) is 12.7 Å². The lowest BCUT2D eigenvalue weighted by Gasteiger charge is -2.18. The number of rotatable bonds is 6. The van der Waals surface area contributed by atoms with Crippen molar-refractivity contribution < 1.29 is 14.7 Å². The van der Waals surface area contributed by atoms with E-state index in [1.165, 1.54) is 17.3 Å². The van der Waals surface area contributed by atoms with Crippen molar-refractivity contribution in [2.75, 3.05) is 0 Å². The van der Waals surface area contributed by atoms with Gasteiger partial charge in [-0.15, -0.1) is 0 Å². The highest BCUT2D eigenvalue weighted by molar-refractivity contribution is 5.80. The first-order chi connectivity index (χ1) is 8.04. The van der Waals surface area contributed by atoms with Gasteiger partial charge in [0.15, 0.2) is 0 Å². The molecule has 0 aromatic carbocycles. The van der Waals surface area contributed by atoms with Crippen molar-refractivity contribution in [3.8, 4) is 0 Å². The second-order valence-corrected chi connectivity index (χ2v) is 3.76. The summed E-state index contributed by atoms with van der Waals surface area (Å²) >= 11 is 0. The van der Waals surface area contributed by atoms with Crippen LogP contribution in [-0.2, 0) is 9.59 Å². The van der Waals surface area contributed by atoms with Gasteiger partial charge < -0.3 is 10.4 Å². The molecule has 0 saturated heterocycles. The Morgan fingerprint density at radius 1 is 1.53 bits per heavy atom. The maximum Gasteiger partial charge on any atom is 0.305 e. The molecule has 0 aliphatic rings. The SMILES string of the molecule is CCC(CC(=O)O)NC(=O)C(C)n1cncn1. The Morgan fingerprint density at radius 2 is 2.24 bits per heavy atom. The minimum atomic E-state index is -0.925. The number of aromatic nitrogens is 3. The van der Waals surface area contributed by atoms with E-state index >= 15 is 0 Å². The molecule has 0 saturated carbocycles. The van der Waals surface area contributed by atoms with E-state index in [1.54, 1.807) is 6.92 Å². The van der Waals surface area contributed by atoms with Crippen LogP contribution in [-0.4, -0.2) is 37.8 Å². The monoisotopic (exact) mass is 240 g/mol. The van der Waals surface area contributed by atoms with Crippen molar-refractivity contribution in [2.45, 2.75) is 38.8 Å². The van der Waals surface area contributed by atoms with E-state index < -0.39 is 12.0 Å². The summed E-state index contributed by atoms with van der Waals surface area (Å²) in [5.74, 6) is -1.19. The minimum Gasteiger partial charge on any atom is -0.481 e. The van der Waals surface area contributed by atoms with Gasteiger partial charge in [0.2, 0.25) is 5.91 Å². The molecule has 0 spiro atoms. The summed E-state index contributed by atoms with van der Waals surface area (Å²) in [5, 5.41) is 15.2. The number of carboxylic acids is 1.